The van der Waals surface area contributed by atoms with Crippen LogP contribution in [-0.2, 0) is 21.3 Å². The van der Waals surface area contributed by atoms with Crippen molar-refractivity contribution in [1.82, 2.24) is 13.7 Å². The molecule has 2 aliphatic heterocycles. The Hall–Kier alpha value is -2.47. The second kappa shape index (κ2) is 8.81. The molecule has 0 spiro atoms. The number of thiazole rings is 1. The van der Waals surface area contributed by atoms with Crippen LogP contribution in [0, 0.1) is 0 Å². The number of fused-ring (bicyclic) bond motifs is 1. The summed E-state index contributed by atoms with van der Waals surface area (Å²) < 4.78 is 34.7. The fourth-order valence-electron chi connectivity index (χ4n) is 4.15. The second-order valence-corrected chi connectivity index (χ2v) is 10.7. The molecular formula is C21H25N5O4S2. The predicted molar refractivity (Wildman–Crippen MR) is 124 cm³/mol. The third kappa shape index (κ3) is 4.13. The molecule has 2 aliphatic rings. The molecule has 3 aromatic rings. The summed E-state index contributed by atoms with van der Waals surface area (Å²) >= 11 is 1.40. The maximum absolute atomic E-state index is 13.2. The molecule has 0 aliphatic carbocycles. The first-order valence-corrected chi connectivity index (χ1v) is 13.0. The van der Waals surface area contributed by atoms with E-state index >= 15 is 0 Å². The summed E-state index contributed by atoms with van der Waals surface area (Å²) in [6, 6.07) is 6.78. The number of hydrogen-bond acceptors (Lipinski definition) is 8. The van der Waals surface area contributed by atoms with Crippen molar-refractivity contribution in [1.29, 1.82) is 0 Å². The van der Waals surface area contributed by atoms with Crippen LogP contribution in [0.25, 0.3) is 4.96 Å². The van der Waals surface area contributed by atoms with E-state index in [2.05, 4.69) is 15.2 Å². The van der Waals surface area contributed by atoms with Crippen LogP contribution in [0.4, 0.5) is 11.4 Å². The van der Waals surface area contributed by atoms with Crippen LogP contribution in [0.3, 0.4) is 0 Å². The van der Waals surface area contributed by atoms with Crippen LogP contribution >= 0.6 is 11.3 Å². The molecule has 0 radical (unpaired) electrons. The van der Waals surface area contributed by atoms with Gasteiger partial charge in [-0.25, -0.2) is 13.4 Å². The van der Waals surface area contributed by atoms with Gasteiger partial charge in [0.1, 0.15) is 0 Å². The monoisotopic (exact) mass is 475 g/mol. The Balaban J connectivity index is 1.46. The maximum Gasteiger partial charge on any atom is 0.258 e. The van der Waals surface area contributed by atoms with Crippen LogP contribution in [0.2, 0.25) is 0 Å². The standard InChI is InChI=1S/C21H25N5O4S2/c27-20-13-16(23-21-26(20)9-12-31-21)15-22-18-14-17(3-4-19(18)24-5-1-2-6-24)32(28,29)25-7-10-30-11-8-25/h3-4,9,12-14,22H,1-2,5-8,10-11,15H2. The molecule has 2 aromatic heterocycles. The summed E-state index contributed by atoms with van der Waals surface area (Å²) in [6.45, 7) is 3.72. The summed E-state index contributed by atoms with van der Waals surface area (Å²) in [7, 11) is -3.61. The first kappa shape index (κ1) is 21.4. The smallest absolute Gasteiger partial charge is 0.258 e. The molecule has 0 atom stereocenters. The minimum Gasteiger partial charge on any atom is -0.379 e. The Kier molecular flexibility index (Phi) is 5.89. The van der Waals surface area contributed by atoms with Crippen LogP contribution in [0.15, 0.2) is 45.5 Å². The normalized spacial score (nSPS) is 17.8. The van der Waals surface area contributed by atoms with Crippen molar-refractivity contribution in [3.63, 3.8) is 0 Å². The van der Waals surface area contributed by atoms with Gasteiger partial charge in [0.2, 0.25) is 10.0 Å². The number of morpholine rings is 1. The van der Waals surface area contributed by atoms with Crippen LogP contribution in [-0.4, -0.2) is 61.5 Å². The highest BCUT2D eigenvalue weighted by Gasteiger charge is 2.28. The lowest BCUT2D eigenvalue weighted by Gasteiger charge is -2.27. The van der Waals surface area contributed by atoms with Gasteiger partial charge >= 0.3 is 0 Å². The molecule has 0 saturated carbocycles. The number of sulfonamides is 1. The molecule has 0 amide bonds. The molecule has 1 N–H and O–H groups in total. The predicted octanol–water partition coefficient (Wildman–Crippen LogP) is 1.99. The van der Waals surface area contributed by atoms with E-state index < -0.39 is 10.0 Å². The molecule has 11 heteroatoms. The van der Waals surface area contributed by atoms with Crippen molar-refractivity contribution in [3.05, 3.63) is 51.9 Å². The van der Waals surface area contributed by atoms with Gasteiger partial charge in [0, 0.05) is 43.8 Å². The van der Waals surface area contributed by atoms with Gasteiger partial charge in [-0.05, 0) is 31.0 Å². The van der Waals surface area contributed by atoms with Crippen molar-refractivity contribution < 1.29 is 13.2 Å². The van der Waals surface area contributed by atoms with E-state index in [9.17, 15) is 13.2 Å². The van der Waals surface area contributed by atoms with Crippen molar-refractivity contribution in [2.45, 2.75) is 24.3 Å². The molecular weight excluding hydrogens is 450 g/mol. The number of nitrogens with one attached hydrogen (secondary N) is 1. The first-order valence-electron chi connectivity index (χ1n) is 10.7. The Morgan fingerprint density at radius 1 is 1.09 bits per heavy atom. The summed E-state index contributed by atoms with van der Waals surface area (Å²) in [5.74, 6) is 0. The highest BCUT2D eigenvalue weighted by molar-refractivity contribution is 7.89. The fourth-order valence-corrected chi connectivity index (χ4v) is 6.32. The van der Waals surface area contributed by atoms with Gasteiger partial charge in [0.25, 0.3) is 5.56 Å². The van der Waals surface area contributed by atoms with E-state index in [0.717, 1.165) is 37.3 Å². The Bertz CT molecular complexity index is 1270. The third-order valence-corrected chi connectivity index (χ3v) is 8.49. The quantitative estimate of drug-likeness (QED) is 0.582. The number of benzene rings is 1. The number of hydrogen-bond donors (Lipinski definition) is 1. The molecule has 0 bridgehead atoms. The van der Waals surface area contributed by atoms with E-state index in [-0.39, 0.29) is 10.5 Å². The molecule has 5 rings (SSSR count). The number of rotatable bonds is 6. The van der Waals surface area contributed by atoms with Gasteiger partial charge in [-0.15, -0.1) is 11.3 Å². The van der Waals surface area contributed by atoms with Crippen molar-refractivity contribution >= 4 is 37.7 Å². The molecule has 0 unspecified atom stereocenters. The van der Waals surface area contributed by atoms with E-state index in [1.807, 2.05) is 11.4 Å². The van der Waals surface area contributed by atoms with E-state index in [1.165, 1.54) is 26.1 Å². The number of ether oxygens (including phenoxy) is 1. The van der Waals surface area contributed by atoms with Gasteiger partial charge in [-0.1, -0.05) is 0 Å². The minimum atomic E-state index is -3.61. The summed E-state index contributed by atoms with van der Waals surface area (Å²) in [5.41, 5.74) is 2.19. The minimum absolute atomic E-state index is 0.128. The van der Waals surface area contributed by atoms with Gasteiger partial charge in [0.05, 0.1) is 41.7 Å². The Morgan fingerprint density at radius 2 is 1.88 bits per heavy atom. The highest BCUT2D eigenvalue weighted by atomic mass is 32.2. The SMILES string of the molecule is O=c1cc(CNc2cc(S(=O)(=O)N3CCOCC3)ccc2N2CCCC2)nc2sccn12. The summed E-state index contributed by atoms with van der Waals surface area (Å²) in [5, 5.41) is 5.18. The van der Waals surface area contributed by atoms with Crippen molar-refractivity contribution in [2.24, 2.45) is 0 Å². The van der Waals surface area contributed by atoms with Crippen molar-refractivity contribution in [2.75, 3.05) is 49.6 Å². The molecule has 32 heavy (non-hydrogen) atoms. The molecule has 2 fully saturated rings. The van der Waals surface area contributed by atoms with Crippen LogP contribution < -0.4 is 15.8 Å². The van der Waals surface area contributed by atoms with Crippen LogP contribution in [0.5, 0.6) is 0 Å². The summed E-state index contributed by atoms with van der Waals surface area (Å²) in [4.78, 5) is 20.0. The van der Waals surface area contributed by atoms with Gasteiger partial charge < -0.3 is 15.0 Å². The average molecular weight is 476 g/mol. The topological polar surface area (TPSA) is 96.2 Å². The number of nitrogens with zero attached hydrogens (tertiary/aromatic N) is 4. The molecule has 4 heterocycles. The largest absolute Gasteiger partial charge is 0.379 e. The van der Waals surface area contributed by atoms with Crippen molar-refractivity contribution in [3.8, 4) is 0 Å². The molecule has 1 aromatic carbocycles. The second-order valence-electron chi connectivity index (χ2n) is 7.88. The Labute approximate surface area is 190 Å². The lowest BCUT2D eigenvalue weighted by Crippen LogP contribution is -2.40. The van der Waals surface area contributed by atoms with E-state index in [0.29, 0.717) is 43.5 Å². The lowest BCUT2D eigenvalue weighted by atomic mass is 10.2. The zero-order valence-electron chi connectivity index (χ0n) is 17.6. The zero-order valence-corrected chi connectivity index (χ0v) is 19.2. The van der Waals surface area contributed by atoms with E-state index in [1.54, 1.807) is 18.3 Å². The van der Waals surface area contributed by atoms with E-state index in [4.69, 9.17) is 4.74 Å². The average Bonchev–Trinajstić information content (AvgIpc) is 3.50. The van der Waals surface area contributed by atoms with Gasteiger partial charge in [0.15, 0.2) is 4.96 Å². The number of anilines is 2. The molecule has 9 nitrogen and oxygen atoms in total. The fraction of sp³-hybridized carbons (Fsp3) is 0.429. The summed E-state index contributed by atoms with van der Waals surface area (Å²) in [6.07, 6.45) is 3.93. The van der Waals surface area contributed by atoms with Crippen LogP contribution in [0.1, 0.15) is 18.5 Å². The molecule has 170 valence electrons. The highest BCUT2D eigenvalue weighted by Crippen LogP contribution is 2.32. The Morgan fingerprint density at radius 3 is 2.66 bits per heavy atom. The van der Waals surface area contributed by atoms with Gasteiger partial charge in [-0.2, -0.15) is 4.31 Å². The molecule has 2 saturated heterocycles. The number of aromatic nitrogens is 2. The van der Waals surface area contributed by atoms with Gasteiger partial charge in [-0.3, -0.25) is 9.20 Å². The third-order valence-electron chi connectivity index (χ3n) is 5.84. The lowest BCUT2D eigenvalue weighted by molar-refractivity contribution is 0.0730. The first-order chi connectivity index (χ1) is 15.5. The maximum atomic E-state index is 13.2. The zero-order chi connectivity index (χ0) is 22.1.